The molecule has 1 rings (SSSR count). The van der Waals surface area contributed by atoms with Gasteiger partial charge < -0.3 is 5.11 Å². The summed E-state index contributed by atoms with van der Waals surface area (Å²) in [6.07, 6.45) is 2.00. The zero-order chi connectivity index (χ0) is 15.4. The van der Waals surface area contributed by atoms with Crippen LogP contribution in [0.1, 0.15) is 6.42 Å². The Labute approximate surface area is 115 Å². The molecule has 0 saturated carbocycles. The first kappa shape index (κ1) is 16.6. The summed E-state index contributed by atoms with van der Waals surface area (Å²) in [6.45, 7) is -0.330. The summed E-state index contributed by atoms with van der Waals surface area (Å²) in [6, 6.07) is 0. The van der Waals surface area contributed by atoms with Crippen molar-refractivity contribution in [1.29, 1.82) is 0 Å². The molecule has 0 aromatic carbocycles. The molecular formula is C8H14N4O6S2. The third kappa shape index (κ3) is 5.64. The van der Waals surface area contributed by atoms with Gasteiger partial charge >= 0.3 is 5.97 Å². The second kappa shape index (κ2) is 6.30. The number of hydrogen-bond acceptors (Lipinski definition) is 6. The molecule has 20 heavy (non-hydrogen) atoms. The van der Waals surface area contributed by atoms with Gasteiger partial charge in [0, 0.05) is 12.7 Å². The van der Waals surface area contributed by atoms with E-state index in [1.165, 1.54) is 4.68 Å². The summed E-state index contributed by atoms with van der Waals surface area (Å²) >= 11 is 0. The second-order valence-corrected chi connectivity index (χ2v) is 7.35. The fourth-order valence-electron chi connectivity index (χ4n) is 1.22. The maximum absolute atomic E-state index is 11.8. The number of aliphatic carboxylic acids is 1. The van der Waals surface area contributed by atoms with E-state index in [0.717, 1.165) is 12.4 Å². The lowest BCUT2D eigenvalue weighted by Crippen LogP contribution is -2.31. The minimum atomic E-state index is -3.90. The molecule has 1 heterocycles. The number of primary sulfonamides is 1. The summed E-state index contributed by atoms with van der Waals surface area (Å²) in [5.41, 5.74) is 0. The minimum Gasteiger partial charge on any atom is -0.481 e. The average molecular weight is 326 g/mol. The maximum atomic E-state index is 11.8. The van der Waals surface area contributed by atoms with Crippen LogP contribution in [-0.4, -0.2) is 50.0 Å². The smallest absolute Gasteiger partial charge is 0.305 e. The standard InChI is InChI=1S/C8H14N4O6S2/c9-19(15,16)4-2-11-20(17,18)7-5-10-12(6-7)3-1-8(13)14/h5-6,11H,1-4H2,(H,13,14)(H2,9,15,16). The Morgan fingerprint density at radius 3 is 2.60 bits per heavy atom. The third-order valence-electron chi connectivity index (χ3n) is 2.15. The number of nitrogens with two attached hydrogens (primary N) is 1. The van der Waals surface area contributed by atoms with Crippen LogP contribution in [0.25, 0.3) is 0 Å². The van der Waals surface area contributed by atoms with Crippen molar-refractivity contribution in [1.82, 2.24) is 14.5 Å². The van der Waals surface area contributed by atoms with Gasteiger partial charge in [-0.1, -0.05) is 0 Å². The Balaban J connectivity index is 2.66. The normalized spacial score (nSPS) is 12.4. The number of aryl methyl sites for hydroxylation is 1. The molecule has 0 aliphatic heterocycles. The van der Waals surface area contributed by atoms with E-state index in [4.69, 9.17) is 10.2 Å². The third-order valence-corrected chi connectivity index (χ3v) is 4.34. The zero-order valence-corrected chi connectivity index (χ0v) is 11.9. The van der Waals surface area contributed by atoms with Gasteiger partial charge in [-0.05, 0) is 0 Å². The monoisotopic (exact) mass is 326 g/mol. The van der Waals surface area contributed by atoms with E-state index in [-0.39, 0.29) is 24.4 Å². The first-order valence-corrected chi connectivity index (χ1v) is 8.54. The topological polar surface area (TPSA) is 161 Å². The van der Waals surface area contributed by atoms with Crippen LogP contribution in [-0.2, 0) is 31.4 Å². The van der Waals surface area contributed by atoms with Gasteiger partial charge in [0.2, 0.25) is 20.0 Å². The molecule has 0 bridgehead atoms. The van der Waals surface area contributed by atoms with E-state index < -0.39 is 31.8 Å². The number of carboxylic acid groups (broad SMARTS) is 1. The van der Waals surface area contributed by atoms with Crippen molar-refractivity contribution in [2.75, 3.05) is 12.3 Å². The van der Waals surface area contributed by atoms with Gasteiger partial charge in [0.15, 0.2) is 0 Å². The van der Waals surface area contributed by atoms with Crippen molar-refractivity contribution < 1.29 is 26.7 Å². The molecule has 0 atom stereocenters. The van der Waals surface area contributed by atoms with E-state index in [0.29, 0.717) is 0 Å². The van der Waals surface area contributed by atoms with Gasteiger partial charge in [-0.15, -0.1) is 0 Å². The number of hydrogen-bond donors (Lipinski definition) is 3. The fraction of sp³-hybridized carbons (Fsp3) is 0.500. The molecule has 10 nitrogen and oxygen atoms in total. The van der Waals surface area contributed by atoms with Crippen LogP contribution >= 0.6 is 0 Å². The van der Waals surface area contributed by atoms with Crippen LogP contribution in [0.15, 0.2) is 17.3 Å². The number of nitrogens with one attached hydrogen (secondary N) is 1. The number of rotatable bonds is 8. The summed E-state index contributed by atoms with van der Waals surface area (Å²) in [5, 5.41) is 16.9. The lowest BCUT2D eigenvalue weighted by atomic mass is 10.4. The SMILES string of the molecule is NS(=O)(=O)CCNS(=O)(=O)c1cnn(CCC(=O)O)c1. The van der Waals surface area contributed by atoms with E-state index in [2.05, 4.69) is 9.82 Å². The summed E-state index contributed by atoms with van der Waals surface area (Å²) in [7, 11) is -7.66. The van der Waals surface area contributed by atoms with Crippen LogP contribution in [0.2, 0.25) is 0 Å². The Bertz CT molecular complexity index is 678. The van der Waals surface area contributed by atoms with Gasteiger partial charge in [-0.2, -0.15) is 5.10 Å². The summed E-state index contributed by atoms with van der Waals surface area (Å²) in [5.74, 6) is -1.56. The van der Waals surface area contributed by atoms with Crippen LogP contribution in [0.3, 0.4) is 0 Å². The molecule has 0 aliphatic carbocycles. The van der Waals surface area contributed by atoms with E-state index >= 15 is 0 Å². The maximum Gasteiger partial charge on any atom is 0.305 e. The Hall–Kier alpha value is -1.50. The minimum absolute atomic E-state index is 0.0298. The van der Waals surface area contributed by atoms with Crippen molar-refractivity contribution in [3.8, 4) is 0 Å². The molecule has 4 N–H and O–H groups in total. The Morgan fingerprint density at radius 2 is 2.05 bits per heavy atom. The number of nitrogens with zero attached hydrogens (tertiary/aromatic N) is 2. The van der Waals surface area contributed by atoms with Crippen molar-refractivity contribution >= 4 is 26.0 Å². The first-order chi connectivity index (χ1) is 9.10. The largest absolute Gasteiger partial charge is 0.481 e. The summed E-state index contributed by atoms with van der Waals surface area (Å²) in [4.78, 5) is 10.2. The molecule has 0 amide bonds. The van der Waals surface area contributed by atoms with Gasteiger partial charge in [0.1, 0.15) is 4.90 Å². The highest BCUT2D eigenvalue weighted by Crippen LogP contribution is 2.07. The van der Waals surface area contributed by atoms with Gasteiger partial charge in [0.05, 0.1) is 24.9 Å². The van der Waals surface area contributed by atoms with Crippen molar-refractivity contribution in [2.45, 2.75) is 17.9 Å². The number of sulfonamides is 2. The first-order valence-electron chi connectivity index (χ1n) is 5.34. The van der Waals surface area contributed by atoms with Crippen molar-refractivity contribution in [2.24, 2.45) is 5.14 Å². The lowest BCUT2D eigenvalue weighted by molar-refractivity contribution is -0.137. The molecular weight excluding hydrogens is 312 g/mol. The van der Waals surface area contributed by atoms with Gasteiger partial charge in [-0.25, -0.2) is 26.7 Å². The van der Waals surface area contributed by atoms with Crippen molar-refractivity contribution in [3.63, 3.8) is 0 Å². The molecule has 0 unspecified atom stereocenters. The second-order valence-electron chi connectivity index (χ2n) is 3.85. The lowest BCUT2D eigenvalue weighted by Gasteiger charge is -2.03. The van der Waals surface area contributed by atoms with Crippen LogP contribution in [0, 0.1) is 0 Å². The molecule has 12 heteroatoms. The highest BCUT2D eigenvalue weighted by molar-refractivity contribution is 7.90. The number of carbonyl (C=O) groups is 1. The molecule has 1 aromatic rings. The quantitative estimate of drug-likeness (QED) is 0.494. The molecule has 0 aliphatic rings. The molecule has 1 aromatic heterocycles. The predicted molar refractivity (Wildman–Crippen MR) is 67.6 cm³/mol. The predicted octanol–water partition coefficient (Wildman–Crippen LogP) is -2.08. The molecule has 0 spiro atoms. The van der Waals surface area contributed by atoms with E-state index in [1.54, 1.807) is 0 Å². The highest BCUT2D eigenvalue weighted by atomic mass is 32.2. The van der Waals surface area contributed by atoms with Gasteiger partial charge in [-0.3, -0.25) is 9.48 Å². The summed E-state index contributed by atoms with van der Waals surface area (Å²) < 4.78 is 48.1. The highest BCUT2D eigenvalue weighted by Gasteiger charge is 2.17. The van der Waals surface area contributed by atoms with Gasteiger partial charge in [0.25, 0.3) is 0 Å². The number of aromatic nitrogens is 2. The van der Waals surface area contributed by atoms with E-state index in [1.807, 2.05) is 0 Å². The number of carboxylic acids is 1. The van der Waals surface area contributed by atoms with Crippen molar-refractivity contribution in [3.05, 3.63) is 12.4 Å². The van der Waals surface area contributed by atoms with Crippen LogP contribution in [0.4, 0.5) is 0 Å². The molecule has 114 valence electrons. The van der Waals surface area contributed by atoms with Crippen LogP contribution in [0.5, 0.6) is 0 Å². The molecule has 0 radical (unpaired) electrons. The van der Waals surface area contributed by atoms with E-state index in [9.17, 15) is 21.6 Å². The van der Waals surface area contributed by atoms with Crippen LogP contribution < -0.4 is 9.86 Å². The zero-order valence-electron chi connectivity index (χ0n) is 10.3. The Kier molecular flexibility index (Phi) is 5.21. The molecule has 0 fully saturated rings. The Morgan fingerprint density at radius 1 is 1.40 bits per heavy atom. The fourth-order valence-corrected chi connectivity index (χ4v) is 2.72. The average Bonchev–Trinajstić information content (AvgIpc) is 2.73. The molecule has 0 saturated heterocycles.